The molecule has 6 rings (SSSR count). The summed E-state index contributed by atoms with van der Waals surface area (Å²) in [4.78, 5) is 58.6. The van der Waals surface area contributed by atoms with Crippen molar-refractivity contribution in [1.29, 1.82) is 0 Å². The van der Waals surface area contributed by atoms with Crippen LogP contribution in [0.3, 0.4) is 0 Å². The highest BCUT2D eigenvalue weighted by molar-refractivity contribution is 6.21. The molecule has 2 aliphatic rings. The minimum Gasteiger partial charge on any atom is -0.448 e. The first-order valence-electron chi connectivity index (χ1n) is 12.6. The van der Waals surface area contributed by atoms with E-state index in [2.05, 4.69) is 5.10 Å². The molecule has 2 heterocycles. The van der Waals surface area contributed by atoms with E-state index in [1.165, 1.54) is 30.1 Å². The second kappa shape index (κ2) is 9.81. The summed E-state index contributed by atoms with van der Waals surface area (Å²) in [6, 6.07) is 20.8. The Morgan fingerprint density at radius 2 is 1.40 bits per heavy atom. The highest BCUT2D eigenvalue weighted by Gasteiger charge is 2.42. The molecule has 10 heteroatoms. The lowest BCUT2D eigenvalue weighted by atomic mass is 9.98. The number of hydrogen-bond donors (Lipinski definition) is 0. The van der Waals surface area contributed by atoms with Crippen LogP contribution in [0, 0.1) is 0 Å². The molecule has 0 spiro atoms. The molecule has 10 nitrogen and oxygen atoms in total. The summed E-state index contributed by atoms with van der Waals surface area (Å²) >= 11 is 0. The molecule has 1 unspecified atom stereocenters. The molecule has 0 fully saturated rings. The van der Waals surface area contributed by atoms with Crippen LogP contribution < -0.4 is 0 Å². The van der Waals surface area contributed by atoms with Gasteiger partial charge in [0, 0.05) is 31.8 Å². The lowest BCUT2D eigenvalue weighted by Crippen LogP contribution is -2.41. The molecule has 3 amide bonds. The van der Waals surface area contributed by atoms with E-state index in [4.69, 9.17) is 9.57 Å². The number of benzene rings is 3. The molecule has 40 heavy (non-hydrogen) atoms. The van der Waals surface area contributed by atoms with Gasteiger partial charge in [-0.05, 0) is 34.4 Å². The zero-order valence-electron chi connectivity index (χ0n) is 21.7. The largest absolute Gasteiger partial charge is 0.448 e. The first kappa shape index (κ1) is 25.1. The SMILES string of the molecule is CN(C(=O)OCC1c2ccccc2-c2ccccc21)C(C(=O)ON1C(=O)c2ccccc2C1=O)c1cnn(C)c1. The number of ether oxygens (including phenoxy) is 1. The molecule has 1 aromatic heterocycles. The lowest BCUT2D eigenvalue weighted by molar-refractivity contribution is -0.174. The van der Waals surface area contributed by atoms with Gasteiger partial charge in [0.05, 0.1) is 17.3 Å². The van der Waals surface area contributed by atoms with Crippen LogP contribution in [-0.2, 0) is 21.4 Å². The fourth-order valence-corrected chi connectivity index (χ4v) is 5.29. The normalized spacial score (nSPS) is 14.4. The maximum atomic E-state index is 13.4. The van der Waals surface area contributed by atoms with Crippen LogP contribution in [0.4, 0.5) is 4.79 Å². The Bertz CT molecular complexity index is 1600. The number of aryl methyl sites for hydroxylation is 1. The van der Waals surface area contributed by atoms with Crippen LogP contribution in [0.15, 0.2) is 85.2 Å². The third-order valence-electron chi connectivity index (χ3n) is 7.21. The molecular formula is C30H24N4O6. The number of amides is 3. The first-order valence-corrected chi connectivity index (χ1v) is 12.6. The van der Waals surface area contributed by atoms with E-state index < -0.39 is 29.9 Å². The van der Waals surface area contributed by atoms with Crippen LogP contribution in [0.5, 0.6) is 0 Å². The number of imide groups is 1. The molecule has 4 aromatic rings. The molecule has 1 aliphatic heterocycles. The molecular weight excluding hydrogens is 512 g/mol. The maximum absolute atomic E-state index is 13.4. The molecule has 0 bridgehead atoms. The number of hydrogen-bond acceptors (Lipinski definition) is 7. The number of carbonyl (C=O) groups is 4. The Balaban J connectivity index is 1.22. The minimum absolute atomic E-state index is 0.0460. The number of nitrogens with zero attached hydrogens (tertiary/aromatic N) is 4. The Kier molecular flexibility index (Phi) is 6.14. The Morgan fingerprint density at radius 1 is 0.875 bits per heavy atom. The predicted molar refractivity (Wildman–Crippen MR) is 142 cm³/mol. The van der Waals surface area contributed by atoms with Crippen molar-refractivity contribution >= 4 is 23.9 Å². The number of carbonyl (C=O) groups excluding carboxylic acids is 4. The van der Waals surface area contributed by atoms with E-state index in [0.29, 0.717) is 10.6 Å². The van der Waals surface area contributed by atoms with Gasteiger partial charge in [-0.15, -0.1) is 0 Å². The van der Waals surface area contributed by atoms with Gasteiger partial charge in [0.2, 0.25) is 0 Å². The van der Waals surface area contributed by atoms with Gasteiger partial charge in [-0.3, -0.25) is 19.2 Å². The summed E-state index contributed by atoms with van der Waals surface area (Å²) < 4.78 is 7.19. The third-order valence-corrected chi connectivity index (χ3v) is 7.21. The van der Waals surface area contributed by atoms with Gasteiger partial charge >= 0.3 is 12.1 Å². The van der Waals surface area contributed by atoms with Crippen molar-refractivity contribution in [2.45, 2.75) is 12.0 Å². The van der Waals surface area contributed by atoms with E-state index in [0.717, 1.165) is 27.2 Å². The van der Waals surface area contributed by atoms with E-state index in [9.17, 15) is 19.2 Å². The highest BCUT2D eigenvalue weighted by Crippen LogP contribution is 2.44. The second-order valence-electron chi connectivity index (χ2n) is 9.63. The van der Waals surface area contributed by atoms with E-state index in [1.807, 2.05) is 48.5 Å². The first-order chi connectivity index (χ1) is 19.3. The zero-order valence-corrected chi connectivity index (χ0v) is 21.7. The Morgan fingerprint density at radius 3 is 1.93 bits per heavy atom. The predicted octanol–water partition coefficient (Wildman–Crippen LogP) is 4.10. The van der Waals surface area contributed by atoms with E-state index >= 15 is 0 Å². The van der Waals surface area contributed by atoms with Gasteiger partial charge in [-0.1, -0.05) is 65.7 Å². The molecule has 1 atom stereocenters. The highest BCUT2D eigenvalue weighted by atomic mass is 16.7. The molecule has 3 aromatic carbocycles. The van der Waals surface area contributed by atoms with Crippen LogP contribution in [0.25, 0.3) is 11.1 Å². The van der Waals surface area contributed by atoms with Crippen molar-refractivity contribution in [2.24, 2.45) is 7.05 Å². The fourth-order valence-electron chi connectivity index (χ4n) is 5.29. The summed E-state index contributed by atoms with van der Waals surface area (Å²) in [5.41, 5.74) is 4.85. The van der Waals surface area contributed by atoms with Crippen molar-refractivity contribution in [1.82, 2.24) is 19.7 Å². The summed E-state index contributed by atoms with van der Waals surface area (Å²) in [6.45, 7) is 0.0460. The van der Waals surface area contributed by atoms with Crippen molar-refractivity contribution in [3.05, 3.63) is 113 Å². The van der Waals surface area contributed by atoms with E-state index in [-0.39, 0.29) is 23.7 Å². The monoisotopic (exact) mass is 536 g/mol. The smallest absolute Gasteiger partial charge is 0.410 e. The maximum Gasteiger partial charge on any atom is 0.410 e. The number of likely N-dealkylation sites (N-methyl/N-ethyl adjacent to an activating group) is 1. The summed E-state index contributed by atoms with van der Waals surface area (Å²) in [6.07, 6.45) is 2.17. The summed E-state index contributed by atoms with van der Waals surface area (Å²) in [7, 11) is 3.05. The molecule has 0 N–H and O–H groups in total. The number of aromatic nitrogens is 2. The molecule has 200 valence electrons. The second-order valence-corrected chi connectivity index (χ2v) is 9.63. The van der Waals surface area contributed by atoms with Crippen molar-refractivity contribution in [3.63, 3.8) is 0 Å². The fraction of sp³-hybridized carbons (Fsp3) is 0.167. The van der Waals surface area contributed by atoms with Gasteiger partial charge in [-0.25, -0.2) is 9.59 Å². The van der Waals surface area contributed by atoms with Crippen molar-refractivity contribution in [3.8, 4) is 11.1 Å². The number of rotatable bonds is 6. The van der Waals surface area contributed by atoms with Crippen molar-refractivity contribution in [2.75, 3.05) is 13.7 Å². The van der Waals surface area contributed by atoms with Crippen LogP contribution in [0.1, 0.15) is 49.4 Å². The standard InChI is InChI=1S/C30H24N4O6/c1-32-16-18(15-31-32)26(29(37)40-34-27(35)23-13-7-8-14-24(23)28(34)36)33(2)30(38)39-17-25-21-11-5-3-9-19(21)20-10-4-6-12-22(20)25/h3-16,25-26H,17H2,1-2H3. The third kappa shape index (κ3) is 4.10. The van der Waals surface area contributed by atoms with E-state index in [1.54, 1.807) is 25.4 Å². The van der Waals surface area contributed by atoms with Crippen LogP contribution in [-0.4, -0.2) is 57.3 Å². The quantitative estimate of drug-likeness (QED) is 0.341. The molecule has 0 radical (unpaired) electrons. The minimum atomic E-state index is -1.34. The molecule has 1 aliphatic carbocycles. The van der Waals surface area contributed by atoms with Crippen molar-refractivity contribution < 1.29 is 28.8 Å². The van der Waals surface area contributed by atoms with Gasteiger partial charge in [0.15, 0.2) is 6.04 Å². The Hall–Kier alpha value is -5.25. The zero-order chi connectivity index (χ0) is 28.0. The van der Waals surface area contributed by atoms with Gasteiger partial charge < -0.3 is 9.57 Å². The van der Waals surface area contributed by atoms with Gasteiger partial charge in [-0.2, -0.15) is 5.10 Å². The molecule has 0 saturated heterocycles. The lowest BCUT2D eigenvalue weighted by Gasteiger charge is -2.27. The number of hydroxylamine groups is 2. The summed E-state index contributed by atoms with van der Waals surface area (Å²) in [5.74, 6) is -2.71. The average molecular weight is 537 g/mol. The topological polar surface area (TPSA) is 111 Å². The number of fused-ring (bicyclic) bond motifs is 4. The molecule has 0 saturated carbocycles. The summed E-state index contributed by atoms with van der Waals surface area (Å²) in [5, 5.41) is 4.52. The van der Waals surface area contributed by atoms with Crippen LogP contribution >= 0.6 is 0 Å². The van der Waals surface area contributed by atoms with Gasteiger partial charge in [0.25, 0.3) is 11.8 Å². The van der Waals surface area contributed by atoms with Gasteiger partial charge in [0.1, 0.15) is 6.61 Å². The van der Waals surface area contributed by atoms with Crippen LogP contribution in [0.2, 0.25) is 0 Å². The average Bonchev–Trinajstić information content (AvgIpc) is 3.61. The Labute approximate surface area is 229 Å².